The van der Waals surface area contributed by atoms with E-state index in [4.69, 9.17) is 9.47 Å². The lowest BCUT2D eigenvalue weighted by atomic mass is 10.1. The lowest BCUT2D eigenvalue weighted by Crippen LogP contribution is -2.47. The molecule has 0 aromatic rings. The first-order chi connectivity index (χ1) is 11.9. The molecule has 9 nitrogen and oxygen atoms in total. The fourth-order valence-corrected chi connectivity index (χ4v) is 4.30. The number of rotatable bonds is 6. The lowest BCUT2D eigenvalue weighted by molar-refractivity contribution is -0.121. The Morgan fingerprint density at radius 2 is 1.80 bits per heavy atom. The molecule has 0 unspecified atom stereocenters. The van der Waals surface area contributed by atoms with E-state index in [0.717, 1.165) is 0 Å². The molecule has 2 rings (SSSR count). The highest BCUT2D eigenvalue weighted by Crippen LogP contribution is 2.12. The van der Waals surface area contributed by atoms with Gasteiger partial charge in [-0.1, -0.05) is 0 Å². The van der Waals surface area contributed by atoms with Gasteiger partial charge in [0.15, 0.2) is 0 Å². The van der Waals surface area contributed by atoms with E-state index < -0.39 is 10.0 Å². The van der Waals surface area contributed by atoms with Crippen LogP contribution in [0.1, 0.15) is 26.2 Å². The van der Waals surface area contributed by atoms with Crippen molar-refractivity contribution in [3.63, 3.8) is 0 Å². The Hall–Kier alpha value is -1.39. The summed E-state index contributed by atoms with van der Waals surface area (Å²) in [5.41, 5.74) is 0. The van der Waals surface area contributed by atoms with Crippen LogP contribution in [0.3, 0.4) is 0 Å². The number of morpholine rings is 1. The minimum absolute atomic E-state index is 0.0377. The molecule has 10 heteroatoms. The summed E-state index contributed by atoms with van der Waals surface area (Å²) in [5, 5.41) is 2.86. The molecule has 2 aliphatic rings. The van der Waals surface area contributed by atoms with Crippen LogP contribution < -0.4 is 5.32 Å². The Balaban J connectivity index is 1.69. The van der Waals surface area contributed by atoms with Crippen molar-refractivity contribution in [2.75, 3.05) is 51.8 Å². The quantitative estimate of drug-likeness (QED) is 0.686. The predicted molar refractivity (Wildman–Crippen MR) is 90.6 cm³/mol. The number of carbonyl (C=O) groups excluding carboxylic acids is 2. The number of carbonyl (C=O) groups is 2. The standard InChI is InChI=1S/C15H27N3O6S/c1-2-24-15(20)17-6-3-13(4-7-17)16-14(19)5-12-25(21,22)18-8-10-23-11-9-18/h13H,2-12H2,1H3,(H,16,19). The maximum atomic E-state index is 12.2. The Bertz CT molecular complexity index is 554. The Kier molecular flexibility index (Phi) is 7.45. The van der Waals surface area contributed by atoms with Crippen molar-refractivity contribution in [3.05, 3.63) is 0 Å². The number of nitrogens with one attached hydrogen (secondary N) is 1. The molecule has 0 aromatic heterocycles. The van der Waals surface area contributed by atoms with E-state index in [9.17, 15) is 18.0 Å². The molecule has 0 radical (unpaired) electrons. The number of likely N-dealkylation sites (tertiary alicyclic amines) is 1. The van der Waals surface area contributed by atoms with E-state index in [1.807, 2.05) is 0 Å². The molecule has 2 aliphatic heterocycles. The molecule has 1 N–H and O–H groups in total. The van der Waals surface area contributed by atoms with Gasteiger partial charge in [0.25, 0.3) is 0 Å². The molecule has 2 heterocycles. The van der Waals surface area contributed by atoms with Gasteiger partial charge < -0.3 is 19.7 Å². The summed E-state index contributed by atoms with van der Waals surface area (Å²) in [7, 11) is -3.42. The first-order valence-electron chi connectivity index (χ1n) is 8.69. The first-order valence-corrected chi connectivity index (χ1v) is 10.3. The van der Waals surface area contributed by atoms with E-state index in [2.05, 4.69) is 5.32 Å². The summed E-state index contributed by atoms with van der Waals surface area (Å²) in [5.74, 6) is -0.466. The van der Waals surface area contributed by atoms with Crippen molar-refractivity contribution in [1.82, 2.24) is 14.5 Å². The van der Waals surface area contributed by atoms with Gasteiger partial charge in [-0.25, -0.2) is 13.2 Å². The van der Waals surface area contributed by atoms with Gasteiger partial charge in [-0.3, -0.25) is 4.79 Å². The summed E-state index contributed by atoms with van der Waals surface area (Å²) >= 11 is 0. The highest BCUT2D eigenvalue weighted by Gasteiger charge is 2.27. The summed E-state index contributed by atoms with van der Waals surface area (Å²) in [4.78, 5) is 25.3. The molecular formula is C15H27N3O6S. The summed E-state index contributed by atoms with van der Waals surface area (Å²) in [6.45, 7) is 4.62. The number of hydrogen-bond acceptors (Lipinski definition) is 6. The second-order valence-corrected chi connectivity index (χ2v) is 8.19. The van der Waals surface area contributed by atoms with Gasteiger partial charge in [-0.15, -0.1) is 0 Å². The summed E-state index contributed by atoms with van der Waals surface area (Å²) in [6.07, 6.45) is 0.892. The normalized spacial score (nSPS) is 20.3. The third kappa shape index (κ3) is 6.12. The van der Waals surface area contributed by atoms with Gasteiger partial charge in [0.2, 0.25) is 15.9 Å². The van der Waals surface area contributed by atoms with Crippen LogP contribution in [0.5, 0.6) is 0 Å². The monoisotopic (exact) mass is 377 g/mol. The predicted octanol–water partition coefficient (Wildman–Crippen LogP) is -0.224. The molecule has 2 fully saturated rings. The number of nitrogens with zero attached hydrogens (tertiary/aromatic N) is 2. The van der Waals surface area contributed by atoms with Crippen molar-refractivity contribution in [2.24, 2.45) is 0 Å². The highest BCUT2D eigenvalue weighted by molar-refractivity contribution is 7.89. The van der Waals surface area contributed by atoms with Crippen molar-refractivity contribution in [3.8, 4) is 0 Å². The minimum Gasteiger partial charge on any atom is -0.450 e. The van der Waals surface area contributed by atoms with Crippen LogP contribution in [0.25, 0.3) is 0 Å². The van der Waals surface area contributed by atoms with E-state index in [0.29, 0.717) is 58.8 Å². The molecule has 0 saturated carbocycles. The zero-order valence-electron chi connectivity index (χ0n) is 14.6. The van der Waals surface area contributed by atoms with Crippen LogP contribution in [0.4, 0.5) is 4.79 Å². The molecule has 0 spiro atoms. The lowest BCUT2D eigenvalue weighted by Gasteiger charge is -2.31. The molecule has 2 saturated heterocycles. The zero-order chi connectivity index (χ0) is 18.3. The van der Waals surface area contributed by atoms with Crippen LogP contribution in [-0.2, 0) is 24.3 Å². The third-order valence-electron chi connectivity index (χ3n) is 4.34. The summed E-state index contributed by atoms with van der Waals surface area (Å²) < 4.78 is 35.9. The Morgan fingerprint density at radius 3 is 2.40 bits per heavy atom. The van der Waals surface area contributed by atoms with E-state index in [1.54, 1.807) is 11.8 Å². The van der Waals surface area contributed by atoms with Gasteiger partial charge >= 0.3 is 6.09 Å². The minimum atomic E-state index is -3.42. The Morgan fingerprint density at radius 1 is 1.16 bits per heavy atom. The van der Waals surface area contributed by atoms with Crippen molar-refractivity contribution >= 4 is 22.0 Å². The van der Waals surface area contributed by atoms with Gasteiger partial charge in [0.05, 0.1) is 25.6 Å². The maximum absolute atomic E-state index is 12.2. The van der Waals surface area contributed by atoms with Crippen molar-refractivity contribution in [1.29, 1.82) is 0 Å². The zero-order valence-corrected chi connectivity index (χ0v) is 15.4. The first kappa shape index (κ1) is 19.9. The molecule has 0 bridgehead atoms. The van der Waals surface area contributed by atoms with Crippen LogP contribution in [0.2, 0.25) is 0 Å². The van der Waals surface area contributed by atoms with Crippen LogP contribution in [-0.4, -0.2) is 87.4 Å². The molecule has 2 amide bonds. The topological polar surface area (TPSA) is 105 Å². The largest absolute Gasteiger partial charge is 0.450 e. The smallest absolute Gasteiger partial charge is 0.409 e. The number of ether oxygens (including phenoxy) is 2. The second-order valence-electron chi connectivity index (χ2n) is 6.11. The van der Waals surface area contributed by atoms with Gasteiger partial charge in [-0.05, 0) is 19.8 Å². The highest BCUT2D eigenvalue weighted by atomic mass is 32.2. The molecule has 0 atom stereocenters. The fourth-order valence-electron chi connectivity index (χ4n) is 2.90. The molecular weight excluding hydrogens is 350 g/mol. The van der Waals surface area contributed by atoms with Gasteiger partial charge in [0.1, 0.15) is 0 Å². The average molecular weight is 377 g/mol. The van der Waals surface area contributed by atoms with Gasteiger partial charge in [0, 0.05) is 38.6 Å². The molecule has 0 aliphatic carbocycles. The summed E-state index contributed by atoms with van der Waals surface area (Å²) in [6, 6.07) is -0.0377. The number of piperidine rings is 1. The average Bonchev–Trinajstić information content (AvgIpc) is 2.62. The number of amides is 2. The van der Waals surface area contributed by atoms with E-state index in [1.165, 1.54) is 4.31 Å². The van der Waals surface area contributed by atoms with Crippen LogP contribution in [0, 0.1) is 0 Å². The van der Waals surface area contributed by atoms with Crippen molar-refractivity contribution < 1.29 is 27.5 Å². The second kappa shape index (κ2) is 9.35. The maximum Gasteiger partial charge on any atom is 0.409 e. The Labute approximate surface area is 148 Å². The van der Waals surface area contributed by atoms with Crippen LogP contribution >= 0.6 is 0 Å². The molecule has 25 heavy (non-hydrogen) atoms. The number of sulfonamides is 1. The fraction of sp³-hybridized carbons (Fsp3) is 0.867. The van der Waals surface area contributed by atoms with E-state index in [-0.39, 0.29) is 30.2 Å². The molecule has 144 valence electrons. The third-order valence-corrected chi connectivity index (χ3v) is 6.21. The number of hydrogen-bond donors (Lipinski definition) is 1. The molecule has 0 aromatic carbocycles. The van der Waals surface area contributed by atoms with Crippen molar-refractivity contribution in [2.45, 2.75) is 32.2 Å². The van der Waals surface area contributed by atoms with E-state index >= 15 is 0 Å². The SMILES string of the molecule is CCOC(=O)N1CCC(NC(=O)CCS(=O)(=O)N2CCOCC2)CC1. The van der Waals surface area contributed by atoms with Crippen LogP contribution in [0.15, 0.2) is 0 Å². The van der Waals surface area contributed by atoms with Gasteiger partial charge in [-0.2, -0.15) is 4.31 Å².